The van der Waals surface area contributed by atoms with Crippen LogP contribution in [0.25, 0.3) is 0 Å². The largest absolute Gasteiger partial charge is 0.469 e. The molecule has 1 aliphatic carbocycles. The van der Waals surface area contributed by atoms with Crippen LogP contribution in [0.4, 0.5) is 0 Å². The van der Waals surface area contributed by atoms with E-state index in [9.17, 15) is 14.4 Å². The summed E-state index contributed by atoms with van der Waals surface area (Å²) in [6, 6.07) is 6.58. The zero-order valence-corrected chi connectivity index (χ0v) is 13.5. The number of methoxy groups -OCH3 is 1. The van der Waals surface area contributed by atoms with Crippen molar-refractivity contribution in [2.45, 2.75) is 25.6 Å². The molecule has 1 spiro atoms. The monoisotopic (exact) mass is 338 g/mol. The van der Waals surface area contributed by atoms with Crippen molar-refractivity contribution in [1.82, 2.24) is 0 Å². The molecule has 0 N–H and O–H groups in total. The SMILES string of the molecule is COC(=O)[C@@H]1[C@H](c2ccc(Cl)cc2)C12C(=O)OC(C)(C)OC2=O. The Morgan fingerprint density at radius 2 is 1.65 bits per heavy atom. The molecule has 0 unspecified atom stereocenters. The minimum Gasteiger partial charge on any atom is -0.469 e. The number of hydrogen-bond acceptors (Lipinski definition) is 6. The highest BCUT2D eigenvalue weighted by molar-refractivity contribution is 6.30. The van der Waals surface area contributed by atoms with E-state index < -0.39 is 40.9 Å². The number of benzene rings is 1. The lowest BCUT2D eigenvalue weighted by Crippen LogP contribution is -2.49. The van der Waals surface area contributed by atoms with Crippen molar-refractivity contribution in [3.8, 4) is 0 Å². The number of halogens is 1. The molecule has 0 aromatic heterocycles. The van der Waals surface area contributed by atoms with Gasteiger partial charge in [-0.2, -0.15) is 0 Å². The number of esters is 3. The Bertz CT molecular complexity index is 673. The summed E-state index contributed by atoms with van der Waals surface area (Å²) in [5.74, 6) is -5.21. The molecule has 7 heteroatoms. The van der Waals surface area contributed by atoms with Gasteiger partial charge in [-0.15, -0.1) is 0 Å². The molecule has 2 atom stereocenters. The number of cyclic esters (lactones) is 2. The van der Waals surface area contributed by atoms with Gasteiger partial charge >= 0.3 is 17.9 Å². The van der Waals surface area contributed by atoms with Gasteiger partial charge in [0.1, 0.15) is 0 Å². The molecule has 1 saturated carbocycles. The molecule has 2 aliphatic rings. The molecular weight excluding hydrogens is 324 g/mol. The maximum Gasteiger partial charge on any atom is 0.328 e. The van der Waals surface area contributed by atoms with Gasteiger partial charge in [-0.05, 0) is 17.7 Å². The molecule has 6 nitrogen and oxygen atoms in total. The molecular formula is C16H15ClO6. The van der Waals surface area contributed by atoms with Crippen LogP contribution in [0.5, 0.6) is 0 Å². The van der Waals surface area contributed by atoms with Gasteiger partial charge in [0.15, 0.2) is 5.41 Å². The van der Waals surface area contributed by atoms with Gasteiger partial charge < -0.3 is 14.2 Å². The Balaban J connectivity index is 2.05. The van der Waals surface area contributed by atoms with Gasteiger partial charge in [0.2, 0.25) is 0 Å². The third kappa shape index (κ3) is 2.20. The van der Waals surface area contributed by atoms with E-state index in [2.05, 4.69) is 0 Å². The van der Waals surface area contributed by atoms with Crippen molar-refractivity contribution in [1.29, 1.82) is 0 Å². The van der Waals surface area contributed by atoms with E-state index in [-0.39, 0.29) is 0 Å². The van der Waals surface area contributed by atoms with Crippen LogP contribution in [-0.4, -0.2) is 30.8 Å². The molecule has 2 fully saturated rings. The zero-order valence-electron chi connectivity index (χ0n) is 12.8. The number of rotatable bonds is 2. The second-order valence-corrected chi connectivity index (χ2v) is 6.51. The predicted molar refractivity (Wildman–Crippen MR) is 78.4 cm³/mol. The number of hydrogen-bond donors (Lipinski definition) is 0. The van der Waals surface area contributed by atoms with Crippen LogP contribution in [0.15, 0.2) is 24.3 Å². The van der Waals surface area contributed by atoms with Crippen molar-refractivity contribution in [3.05, 3.63) is 34.9 Å². The van der Waals surface area contributed by atoms with Crippen LogP contribution in [0, 0.1) is 11.3 Å². The van der Waals surface area contributed by atoms with Crippen LogP contribution >= 0.6 is 11.6 Å². The second-order valence-electron chi connectivity index (χ2n) is 6.08. The molecule has 0 amide bonds. The maximum absolute atomic E-state index is 12.5. The predicted octanol–water partition coefficient (Wildman–Crippen LogP) is 2.05. The normalized spacial score (nSPS) is 27.1. The van der Waals surface area contributed by atoms with E-state index >= 15 is 0 Å². The Labute approximate surface area is 137 Å². The Morgan fingerprint density at radius 1 is 1.13 bits per heavy atom. The first-order valence-electron chi connectivity index (χ1n) is 7.04. The summed E-state index contributed by atoms with van der Waals surface area (Å²) < 4.78 is 15.2. The minimum absolute atomic E-state index is 0.507. The fourth-order valence-corrected chi connectivity index (χ4v) is 3.32. The van der Waals surface area contributed by atoms with Crippen LogP contribution in [0.1, 0.15) is 25.3 Å². The first kappa shape index (κ1) is 15.8. The van der Waals surface area contributed by atoms with Crippen LogP contribution in [0.3, 0.4) is 0 Å². The highest BCUT2D eigenvalue weighted by Crippen LogP contribution is 2.68. The molecule has 1 heterocycles. The van der Waals surface area contributed by atoms with E-state index in [0.717, 1.165) is 0 Å². The van der Waals surface area contributed by atoms with E-state index in [4.69, 9.17) is 25.8 Å². The van der Waals surface area contributed by atoms with E-state index in [1.165, 1.54) is 21.0 Å². The van der Waals surface area contributed by atoms with Crippen molar-refractivity contribution >= 4 is 29.5 Å². The summed E-state index contributed by atoms with van der Waals surface area (Å²) in [4.78, 5) is 37.1. The average molecular weight is 339 g/mol. The summed E-state index contributed by atoms with van der Waals surface area (Å²) in [6.07, 6.45) is 0. The molecule has 1 saturated heterocycles. The molecule has 1 aliphatic heterocycles. The lowest BCUT2D eigenvalue weighted by molar-refractivity contribution is -0.244. The van der Waals surface area contributed by atoms with Crippen molar-refractivity contribution in [2.75, 3.05) is 7.11 Å². The van der Waals surface area contributed by atoms with Gasteiger partial charge in [-0.3, -0.25) is 14.4 Å². The van der Waals surface area contributed by atoms with Gasteiger partial charge in [0.05, 0.1) is 13.0 Å². The Morgan fingerprint density at radius 3 is 2.13 bits per heavy atom. The second kappa shape index (κ2) is 4.96. The fraction of sp³-hybridized carbons (Fsp3) is 0.438. The Hall–Kier alpha value is -2.08. The maximum atomic E-state index is 12.5. The molecule has 1 aromatic carbocycles. The quantitative estimate of drug-likeness (QED) is 0.606. The van der Waals surface area contributed by atoms with Crippen molar-refractivity contribution in [3.63, 3.8) is 0 Å². The lowest BCUT2D eigenvalue weighted by atomic mass is 9.97. The van der Waals surface area contributed by atoms with E-state index in [1.54, 1.807) is 24.3 Å². The van der Waals surface area contributed by atoms with Gasteiger partial charge in [0, 0.05) is 24.8 Å². The number of carbonyl (C=O) groups excluding carboxylic acids is 3. The first-order chi connectivity index (χ1) is 10.7. The smallest absolute Gasteiger partial charge is 0.328 e. The van der Waals surface area contributed by atoms with E-state index in [0.29, 0.717) is 10.6 Å². The molecule has 23 heavy (non-hydrogen) atoms. The lowest BCUT2D eigenvalue weighted by Gasteiger charge is -2.33. The minimum atomic E-state index is -1.68. The highest BCUT2D eigenvalue weighted by atomic mass is 35.5. The standard InChI is InChI=1S/C16H15ClO6/c1-15(2)22-13(19)16(14(20)23-15)10(11(16)12(18)21-3)8-4-6-9(17)7-5-8/h4-7,10-11H,1-3H3/t10-,11-/m0/s1. The molecule has 1 aromatic rings. The van der Waals surface area contributed by atoms with Gasteiger partial charge in [-0.25, -0.2) is 0 Å². The highest BCUT2D eigenvalue weighted by Gasteiger charge is 2.82. The average Bonchev–Trinajstić information content (AvgIpc) is 3.16. The fourth-order valence-electron chi connectivity index (χ4n) is 3.19. The summed E-state index contributed by atoms with van der Waals surface area (Å²) in [5, 5.41) is 0.507. The third-order valence-corrected chi connectivity index (χ3v) is 4.49. The molecule has 0 radical (unpaired) electrons. The van der Waals surface area contributed by atoms with Gasteiger partial charge in [0.25, 0.3) is 5.79 Å². The molecule has 122 valence electrons. The van der Waals surface area contributed by atoms with Crippen LogP contribution in [0.2, 0.25) is 5.02 Å². The van der Waals surface area contributed by atoms with Gasteiger partial charge in [-0.1, -0.05) is 23.7 Å². The molecule has 0 bridgehead atoms. The topological polar surface area (TPSA) is 78.9 Å². The summed E-state index contributed by atoms with van der Waals surface area (Å²) >= 11 is 5.86. The third-order valence-electron chi connectivity index (χ3n) is 4.24. The van der Waals surface area contributed by atoms with E-state index in [1.807, 2.05) is 0 Å². The summed E-state index contributed by atoms with van der Waals surface area (Å²) in [5.41, 5.74) is -1.06. The van der Waals surface area contributed by atoms with Crippen molar-refractivity contribution < 1.29 is 28.6 Å². The van der Waals surface area contributed by atoms with Crippen LogP contribution in [-0.2, 0) is 28.6 Å². The summed E-state index contributed by atoms with van der Waals surface area (Å²) in [7, 11) is 1.21. The number of ether oxygens (including phenoxy) is 3. The summed E-state index contributed by atoms with van der Waals surface area (Å²) in [6.45, 7) is 2.92. The number of carbonyl (C=O) groups is 3. The van der Waals surface area contributed by atoms with Crippen molar-refractivity contribution in [2.24, 2.45) is 11.3 Å². The Kier molecular flexibility index (Phi) is 3.41. The zero-order chi connectivity index (χ0) is 17.0. The van der Waals surface area contributed by atoms with Crippen LogP contribution < -0.4 is 0 Å². The first-order valence-corrected chi connectivity index (χ1v) is 7.42. The molecule has 3 rings (SSSR count).